The lowest BCUT2D eigenvalue weighted by molar-refractivity contribution is 0.527. The minimum absolute atomic E-state index is 0.628. The summed E-state index contributed by atoms with van der Waals surface area (Å²) in [6.07, 6.45) is 4.64. The maximum absolute atomic E-state index is 5.51. The normalized spacial score (nSPS) is 27.4. The molecule has 2 unspecified atom stereocenters. The Hall–Kier alpha value is -0.990. The van der Waals surface area contributed by atoms with Crippen LogP contribution in [0.15, 0.2) is 12.3 Å². The SMILES string of the molecule is CCC1CC1Cn1ccc(N)n1. The summed E-state index contributed by atoms with van der Waals surface area (Å²) in [5.74, 6) is 2.42. The van der Waals surface area contributed by atoms with Gasteiger partial charge in [-0.2, -0.15) is 5.10 Å². The molecule has 0 amide bonds. The third-order valence-corrected chi connectivity index (χ3v) is 2.68. The molecule has 0 saturated heterocycles. The second kappa shape index (κ2) is 2.81. The molecule has 1 aromatic heterocycles. The van der Waals surface area contributed by atoms with E-state index in [0.717, 1.165) is 18.4 Å². The molecule has 0 spiro atoms. The summed E-state index contributed by atoms with van der Waals surface area (Å²) in [4.78, 5) is 0. The van der Waals surface area contributed by atoms with Gasteiger partial charge >= 0.3 is 0 Å². The average molecular weight is 165 g/mol. The van der Waals surface area contributed by atoms with Crippen LogP contribution in [0.4, 0.5) is 5.82 Å². The molecule has 1 aliphatic rings. The first-order valence-corrected chi connectivity index (χ1v) is 4.58. The van der Waals surface area contributed by atoms with Gasteiger partial charge in [0.15, 0.2) is 0 Å². The summed E-state index contributed by atoms with van der Waals surface area (Å²) in [7, 11) is 0. The Morgan fingerprint density at radius 1 is 1.67 bits per heavy atom. The molecule has 1 saturated carbocycles. The molecule has 1 heterocycles. The zero-order valence-electron chi connectivity index (χ0n) is 7.40. The van der Waals surface area contributed by atoms with Gasteiger partial charge in [-0.1, -0.05) is 13.3 Å². The molecule has 2 atom stereocenters. The van der Waals surface area contributed by atoms with E-state index in [1.807, 2.05) is 16.9 Å². The number of hydrogen-bond acceptors (Lipinski definition) is 2. The lowest BCUT2D eigenvalue weighted by atomic mass is 10.2. The van der Waals surface area contributed by atoms with Crippen molar-refractivity contribution in [1.29, 1.82) is 0 Å². The van der Waals surface area contributed by atoms with Crippen LogP contribution in [0.25, 0.3) is 0 Å². The van der Waals surface area contributed by atoms with Crippen LogP contribution in [-0.4, -0.2) is 9.78 Å². The van der Waals surface area contributed by atoms with Gasteiger partial charge in [0, 0.05) is 12.7 Å². The van der Waals surface area contributed by atoms with Crippen molar-refractivity contribution in [2.24, 2.45) is 11.8 Å². The van der Waals surface area contributed by atoms with Gasteiger partial charge in [-0.15, -0.1) is 0 Å². The highest BCUT2D eigenvalue weighted by Gasteiger charge is 2.35. The number of hydrogen-bond donors (Lipinski definition) is 1. The van der Waals surface area contributed by atoms with Gasteiger partial charge in [-0.3, -0.25) is 4.68 Å². The van der Waals surface area contributed by atoms with Crippen molar-refractivity contribution in [3.05, 3.63) is 12.3 Å². The smallest absolute Gasteiger partial charge is 0.145 e. The summed E-state index contributed by atoms with van der Waals surface area (Å²) < 4.78 is 1.95. The molecule has 12 heavy (non-hydrogen) atoms. The van der Waals surface area contributed by atoms with E-state index in [-0.39, 0.29) is 0 Å². The number of nitrogens with two attached hydrogens (primary N) is 1. The van der Waals surface area contributed by atoms with Crippen molar-refractivity contribution < 1.29 is 0 Å². The Labute approximate surface area is 72.6 Å². The fourth-order valence-electron chi connectivity index (χ4n) is 1.75. The van der Waals surface area contributed by atoms with E-state index in [1.165, 1.54) is 12.8 Å². The molecule has 2 rings (SSSR count). The molecular formula is C9H15N3. The highest BCUT2D eigenvalue weighted by atomic mass is 15.3. The molecule has 0 radical (unpaired) electrons. The predicted molar refractivity (Wildman–Crippen MR) is 48.5 cm³/mol. The van der Waals surface area contributed by atoms with Gasteiger partial charge in [-0.25, -0.2) is 0 Å². The molecule has 66 valence electrons. The molecule has 2 N–H and O–H groups in total. The van der Waals surface area contributed by atoms with Crippen LogP contribution in [0, 0.1) is 11.8 Å². The summed E-state index contributed by atoms with van der Waals surface area (Å²) in [6.45, 7) is 3.30. The summed E-state index contributed by atoms with van der Waals surface area (Å²) >= 11 is 0. The van der Waals surface area contributed by atoms with Crippen molar-refractivity contribution in [3.63, 3.8) is 0 Å². The highest BCUT2D eigenvalue weighted by Crippen LogP contribution is 2.41. The third kappa shape index (κ3) is 1.44. The van der Waals surface area contributed by atoms with Crippen LogP contribution in [0.1, 0.15) is 19.8 Å². The number of anilines is 1. The fourth-order valence-corrected chi connectivity index (χ4v) is 1.75. The molecule has 1 aliphatic carbocycles. The maximum atomic E-state index is 5.51. The van der Waals surface area contributed by atoms with E-state index in [4.69, 9.17) is 5.73 Å². The standard InChI is InChI=1S/C9H15N3/c1-2-7-5-8(7)6-12-4-3-9(10)11-12/h3-4,7-8H,2,5-6H2,1H3,(H2,10,11). The Morgan fingerprint density at radius 2 is 2.50 bits per heavy atom. The van der Waals surface area contributed by atoms with Gasteiger partial charge in [0.05, 0.1) is 0 Å². The molecule has 1 aromatic rings. The minimum Gasteiger partial charge on any atom is -0.382 e. The first-order chi connectivity index (χ1) is 5.79. The number of nitrogen functional groups attached to an aromatic ring is 1. The summed E-state index contributed by atoms with van der Waals surface area (Å²) in [5.41, 5.74) is 5.51. The number of rotatable bonds is 3. The van der Waals surface area contributed by atoms with E-state index in [1.54, 1.807) is 0 Å². The molecule has 0 aromatic carbocycles. The predicted octanol–water partition coefficient (Wildman–Crippen LogP) is 1.51. The van der Waals surface area contributed by atoms with Crippen molar-refractivity contribution in [2.45, 2.75) is 26.3 Å². The molecule has 0 bridgehead atoms. The molecule has 3 heteroatoms. The lowest BCUT2D eigenvalue weighted by Gasteiger charge is -1.98. The van der Waals surface area contributed by atoms with Gasteiger partial charge < -0.3 is 5.73 Å². The van der Waals surface area contributed by atoms with Crippen LogP contribution < -0.4 is 5.73 Å². The monoisotopic (exact) mass is 165 g/mol. The van der Waals surface area contributed by atoms with Crippen LogP contribution in [-0.2, 0) is 6.54 Å². The van der Waals surface area contributed by atoms with Crippen molar-refractivity contribution in [1.82, 2.24) is 9.78 Å². The largest absolute Gasteiger partial charge is 0.382 e. The highest BCUT2D eigenvalue weighted by molar-refractivity contribution is 5.23. The maximum Gasteiger partial charge on any atom is 0.145 e. The topological polar surface area (TPSA) is 43.8 Å². The van der Waals surface area contributed by atoms with Crippen LogP contribution in [0.3, 0.4) is 0 Å². The quantitative estimate of drug-likeness (QED) is 0.737. The second-order valence-corrected chi connectivity index (χ2v) is 3.63. The fraction of sp³-hybridized carbons (Fsp3) is 0.667. The van der Waals surface area contributed by atoms with Crippen LogP contribution in [0.2, 0.25) is 0 Å². The lowest BCUT2D eigenvalue weighted by Crippen LogP contribution is -2.02. The van der Waals surface area contributed by atoms with Crippen molar-refractivity contribution in [2.75, 3.05) is 5.73 Å². The Morgan fingerprint density at radius 3 is 3.00 bits per heavy atom. The van der Waals surface area contributed by atoms with Crippen LogP contribution in [0.5, 0.6) is 0 Å². The number of nitrogens with zero attached hydrogens (tertiary/aromatic N) is 2. The van der Waals surface area contributed by atoms with Gasteiger partial charge in [0.1, 0.15) is 5.82 Å². The molecule has 1 fully saturated rings. The third-order valence-electron chi connectivity index (χ3n) is 2.68. The van der Waals surface area contributed by atoms with Gasteiger partial charge in [-0.05, 0) is 24.3 Å². The Kier molecular flexibility index (Phi) is 1.79. The van der Waals surface area contributed by atoms with E-state index in [2.05, 4.69) is 12.0 Å². The first-order valence-electron chi connectivity index (χ1n) is 4.58. The summed E-state index contributed by atoms with van der Waals surface area (Å²) in [6, 6.07) is 1.85. The van der Waals surface area contributed by atoms with Crippen molar-refractivity contribution >= 4 is 5.82 Å². The van der Waals surface area contributed by atoms with Crippen molar-refractivity contribution in [3.8, 4) is 0 Å². The zero-order valence-corrected chi connectivity index (χ0v) is 7.40. The first kappa shape index (κ1) is 7.65. The molecule has 3 nitrogen and oxygen atoms in total. The molecule has 0 aliphatic heterocycles. The second-order valence-electron chi connectivity index (χ2n) is 3.63. The average Bonchev–Trinajstić information content (AvgIpc) is 2.67. The zero-order chi connectivity index (χ0) is 8.55. The van der Waals surface area contributed by atoms with Gasteiger partial charge in [0.25, 0.3) is 0 Å². The Balaban J connectivity index is 1.89. The number of aromatic nitrogens is 2. The van der Waals surface area contributed by atoms with E-state index in [9.17, 15) is 0 Å². The van der Waals surface area contributed by atoms with E-state index >= 15 is 0 Å². The molecular weight excluding hydrogens is 150 g/mol. The van der Waals surface area contributed by atoms with E-state index < -0.39 is 0 Å². The van der Waals surface area contributed by atoms with Gasteiger partial charge in [0.2, 0.25) is 0 Å². The van der Waals surface area contributed by atoms with E-state index in [0.29, 0.717) is 5.82 Å². The Bertz CT molecular complexity index is 266. The summed E-state index contributed by atoms with van der Waals surface area (Å²) in [5, 5.41) is 4.15. The van der Waals surface area contributed by atoms with Crippen LogP contribution >= 0.6 is 0 Å². The minimum atomic E-state index is 0.628.